The van der Waals surface area contributed by atoms with Crippen molar-refractivity contribution in [1.29, 1.82) is 0 Å². The number of hydrogen-bond donors (Lipinski definition) is 2. The Morgan fingerprint density at radius 2 is 1.07 bits per heavy atom. The Morgan fingerprint density at radius 1 is 0.619 bits per heavy atom. The number of hydrogen-bond acceptors (Lipinski definition) is 6. The van der Waals surface area contributed by atoms with Crippen LogP contribution in [-0.2, 0) is 28.2 Å². The van der Waals surface area contributed by atoms with Gasteiger partial charge in [0.15, 0.2) is 6.10 Å². The third-order valence-electron chi connectivity index (χ3n) is 6.66. The SMILES string of the molecule is CCCCC/C=C\C/C=C\C/C=C\CCCCC(=O)O[C@H](COC(=O)CCCCCCCCCCC)COP(=O)(O)O. The second kappa shape index (κ2) is 29.3. The minimum Gasteiger partial charge on any atom is -0.462 e. The van der Waals surface area contributed by atoms with Gasteiger partial charge in [-0.2, -0.15) is 0 Å². The van der Waals surface area contributed by atoms with Crippen LogP contribution in [-0.4, -0.2) is 41.0 Å². The van der Waals surface area contributed by atoms with E-state index in [9.17, 15) is 14.2 Å². The highest BCUT2D eigenvalue weighted by Gasteiger charge is 2.22. The van der Waals surface area contributed by atoms with Gasteiger partial charge >= 0.3 is 19.8 Å². The molecule has 0 unspecified atom stereocenters. The van der Waals surface area contributed by atoms with E-state index in [0.717, 1.165) is 51.4 Å². The number of esters is 2. The zero-order valence-corrected chi connectivity index (χ0v) is 27.3. The van der Waals surface area contributed by atoms with Crippen molar-refractivity contribution in [2.45, 2.75) is 148 Å². The highest BCUT2D eigenvalue weighted by molar-refractivity contribution is 7.46. The van der Waals surface area contributed by atoms with Crippen LogP contribution in [0.4, 0.5) is 0 Å². The first-order valence-corrected chi connectivity index (χ1v) is 17.8. The van der Waals surface area contributed by atoms with Gasteiger partial charge in [0.1, 0.15) is 6.61 Å². The number of unbranched alkanes of at least 4 members (excludes halogenated alkanes) is 13. The molecule has 0 aliphatic heterocycles. The fourth-order valence-electron chi connectivity index (χ4n) is 4.20. The van der Waals surface area contributed by atoms with E-state index in [-0.39, 0.29) is 19.4 Å². The van der Waals surface area contributed by atoms with Crippen molar-refractivity contribution >= 4 is 19.8 Å². The number of allylic oxidation sites excluding steroid dienone is 6. The Balaban J connectivity index is 4.12. The molecule has 2 N–H and O–H groups in total. The van der Waals surface area contributed by atoms with E-state index in [0.29, 0.717) is 6.42 Å². The monoisotopic (exact) mass is 614 g/mol. The molecule has 0 radical (unpaired) electrons. The lowest BCUT2D eigenvalue weighted by molar-refractivity contribution is -0.161. The van der Waals surface area contributed by atoms with Crippen LogP contribution in [0.3, 0.4) is 0 Å². The first-order valence-electron chi connectivity index (χ1n) is 16.3. The number of carbonyl (C=O) groups is 2. The Labute approximate surface area is 255 Å². The molecule has 0 spiro atoms. The molecule has 0 fully saturated rings. The summed E-state index contributed by atoms with van der Waals surface area (Å²) in [5.74, 6) is -0.936. The smallest absolute Gasteiger partial charge is 0.462 e. The lowest BCUT2D eigenvalue weighted by Crippen LogP contribution is -2.29. The maximum atomic E-state index is 12.3. The summed E-state index contributed by atoms with van der Waals surface area (Å²) in [5.41, 5.74) is 0. The maximum absolute atomic E-state index is 12.3. The van der Waals surface area contributed by atoms with E-state index in [1.807, 2.05) is 0 Å². The number of ether oxygens (including phenoxy) is 2. The number of rotatable bonds is 29. The van der Waals surface area contributed by atoms with Gasteiger partial charge in [0.25, 0.3) is 0 Å². The molecule has 9 heteroatoms. The Hall–Kier alpha value is -1.73. The molecule has 0 heterocycles. The van der Waals surface area contributed by atoms with Crippen molar-refractivity contribution in [2.75, 3.05) is 13.2 Å². The molecular weight excluding hydrogens is 555 g/mol. The Kier molecular flexibility index (Phi) is 28.1. The van der Waals surface area contributed by atoms with E-state index in [1.54, 1.807) is 0 Å². The summed E-state index contributed by atoms with van der Waals surface area (Å²) in [6.07, 6.45) is 31.6. The zero-order chi connectivity index (χ0) is 31.2. The predicted octanol–water partition coefficient (Wildman–Crippen LogP) is 9.06. The lowest BCUT2D eigenvalue weighted by Gasteiger charge is -2.18. The number of phosphoric ester groups is 1. The van der Waals surface area contributed by atoms with E-state index < -0.39 is 32.5 Å². The van der Waals surface area contributed by atoms with Gasteiger partial charge in [-0.1, -0.05) is 115 Å². The lowest BCUT2D eigenvalue weighted by atomic mass is 10.1. The van der Waals surface area contributed by atoms with Crippen molar-refractivity contribution in [2.24, 2.45) is 0 Å². The predicted molar refractivity (Wildman–Crippen MR) is 170 cm³/mol. The topological polar surface area (TPSA) is 119 Å². The minimum atomic E-state index is -4.75. The fraction of sp³-hybridized carbons (Fsp3) is 0.758. The molecule has 1 atom stereocenters. The van der Waals surface area contributed by atoms with E-state index in [1.165, 1.54) is 57.8 Å². The third-order valence-corrected chi connectivity index (χ3v) is 7.15. The van der Waals surface area contributed by atoms with Gasteiger partial charge in [0.2, 0.25) is 0 Å². The van der Waals surface area contributed by atoms with Crippen LogP contribution in [0, 0.1) is 0 Å². The minimum absolute atomic E-state index is 0.164. The molecule has 244 valence electrons. The van der Waals surface area contributed by atoms with Crippen molar-refractivity contribution in [3.63, 3.8) is 0 Å². The van der Waals surface area contributed by atoms with Gasteiger partial charge in [-0.25, -0.2) is 4.57 Å². The molecule has 0 bridgehead atoms. The van der Waals surface area contributed by atoms with Gasteiger partial charge in [-0.05, 0) is 51.4 Å². The van der Waals surface area contributed by atoms with Crippen LogP contribution in [0.25, 0.3) is 0 Å². The van der Waals surface area contributed by atoms with Gasteiger partial charge in [0.05, 0.1) is 6.61 Å². The summed E-state index contributed by atoms with van der Waals surface area (Å²) in [4.78, 5) is 42.4. The maximum Gasteiger partial charge on any atom is 0.469 e. The molecule has 42 heavy (non-hydrogen) atoms. The molecule has 8 nitrogen and oxygen atoms in total. The molecule has 0 saturated carbocycles. The molecule has 0 aromatic rings. The molecule has 0 aliphatic carbocycles. The zero-order valence-electron chi connectivity index (χ0n) is 26.4. The number of carbonyl (C=O) groups excluding carboxylic acids is 2. The van der Waals surface area contributed by atoms with Crippen LogP contribution in [0.5, 0.6) is 0 Å². The quantitative estimate of drug-likeness (QED) is 0.0371. The van der Waals surface area contributed by atoms with Crippen molar-refractivity contribution < 1.29 is 37.9 Å². The summed E-state index contributed by atoms with van der Waals surface area (Å²) in [6.45, 7) is 3.56. The molecule has 0 aromatic heterocycles. The van der Waals surface area contributed by atoms with Gasteiger partial charge in [-0.3, -0.25) is 14.1 Å². The second-order valence-corrected chi connectivity index (χ2v) is 12.0. The summed E-state index contributed by atoms with van der Waals surface area (Å²) >= 11 is 0. The number of phosphoric acid groups is 1. The fourth-order valence-corrected chi connectivity index (χ4v) is 4.56. The molecule has 0 amide bonds. The standard InChI is InChI=1S/C33H59O8P/c1-3-5-7-9-11-13-14-15-16-17-18-20-22-24-26-28-33(35)41-31(30-40-42(36,37)38)29-39-32(34)27-25-23-21-19-12-10-8-6-4-2/h11,13,15-16,18,20,31H,3-10,12,14,17,19,21-30H2,1-2H3,(H2,36,37,38)/b13-11-,16-15-,20-18-/t31-/m1/s1. The highest BCUT2D eigenvalue weighted by atomic mass is 31.2. The second-order valence-electron chi connectivity index (χ2n) is 10.8. The van der Waals surface area contributed by atoms with E-state index >= 15 is 0 Å². The first-order chi connectivity index (χ1) is 20.3. The third kappa shape index (κ3) is 31.2. The average Bonchev–Trinajstić information content (AvgIpc) is 2.95. The molecule has 0 saturated heterocycles. The van der Waals surface area contributed by atoms with Crippen LogP contribution in [0.2, 0.25) is 0 Å². The van der Waals surface area contributed by atoms with Crippen LogP contribution < -0.4 is 0 Å². The van der Waals surface area contributed by atoms with Crippen LogP contribution in [0.15, 0.2) is 36.5 Å². The molecule has 0 aliphatic rings. The molecule has 0 aromatic carbocycles. The Bertz CT molecular complexity index is 787. The van der Waals surface area contributed by atoms with Gasteiger partial charge in [0, 0.05) is 12.8 Å². The van der Waals surface area contributed by atoms with Crippen LogP contribution >= 0.6 is 7.82 Å². The normalized spacial score (nSPS) is 13.0. The Morgan fingerprint density at radius 3 is 1.64 bits per heavy atom. The van der Waals surface area contributed by atoms with Crippen molar-refractivity contribution in [3.8, 4) is 0 Å². The van der Waals surface area contributed by atoms with Gasteiger partial charge in [-0.15, -0.1) is 0 Å². The van der Waals surface area contributed by atoms with E-state index in [4.69, 9.17) is 19.3 Å². The molecular formula is C33H59O8P. The van der Waals surface area contributed by atoms with E-state index in [2.05, 4.69) is 54.8 Å². The average molecular weight is 615 g/mol. The van der Waals surface area contributed by atoms with Crippen molar-refractivity contribution in [3.05, 3.63) is 36.5 Å². The molecule has 0 rings (SSSR count). The van der Waals surface area contributed by atoms with Gasteiger partial charge < -0.3 is 19.3 Å². The van der Waals surface area contributed by atoms with Crippen molar-refractivity contribution in [1.82, 2.24) is 0 Å². The highest BCUT2D eigenvalue weighted by Crippen LogP contribution is 2.35. The summed E-state index contributed by atoms with van der Waals surface area (Å²) in [7, 11) is -4.75. The van der Waals surface area contributed by atoms with Crippen LogP contribution in [0.1, 0.15) is 142 Å². The largest absolute Gasteiger partial charge is 0.469 e. The summed E-state index contributed by atoms with van der Waals surface area (Å²) in [5, 5.41) is 0. The summed E-state index contributed by atoms with van der Waals surface area (Å²) < 4.78 is 26.1. The summed E-state index contributed by atoms with van der Waals surface area (Å²) in [6, 6.07) is 0. The first kappa shape index (κ1) is 40.3.